The quantitative estimate of drug-likeness (QED) is 0.723. The van der Waals surface area contributed by atoms with Gasteiger partial charge in [-0.25, -0.2) is 0 Å². The van der Waals surface area contributed by atoms with Gasteiger partial charge in [0.05, 0.1) is 6.26 Å². The summed E-state index contributed by atoms with van der Waals surface area (Å²) >= 11 is 3.43. The van der Waals surface area contributed by atoms with Gasteiger partial charge in [0.2, 0.25) is 5.91 Å². The van der Waals surface area contributed by atoms with Crippen LogP contribution in [0.1, 0.15) is 37.9 Å². The van der Waals surface area contributed by atoms with Gasteiger partial charge in [0.15, 0.2) is 0 Å². The lowest BCUT2D eigenvalue weighted by Gasteiger charge is -2.37. The van der Waals surface area contributed by atoms with Crippen LogP contribution in [0.25, 0.3) is 0 Å². The summed E-state index contributed by atoms with van der Waals surface area (Å²) in [6.07, 6.45) is 7.58. The molecule has 1 aliphatic rings. The molecule has 100 valence electrons. The van der Waals surface area contributed by atoms with Crippen LogP contribution in [-0.2, 0) is 11.2 Å². The molecule has 0 saturated heterocycles. The van der Waals surface area contributed by atoms with Crippen molar-refractivity contribution in [3.63, 3.8) is 0 Å². The molecule has 0 atom stereocenters. The monoisotopic (exact) mass is 313 g/mol. The molecular weight excluding hydrogens is 294 g/mol. The molecule has 0 N–H and O–H groups in total. The second-order valence-corrected chi connectivity index (χ2v) is 5.59. The lowest BCUT2D eigenvalue weighted by Crippen LogP contribution is -2.44. The van der Waals surface area contributed by atoms with E-state index in [9.17, 15) is 4.79 Å². The molecule has 0 bridgehead atoms. The minimum atomic E-state index is 0.275. The van der Waals surface area contributed by atoms with Crippen molar-refractivity contribution in [1.82, 2.24) is 4.90 Å². The lowest BCUT2D eigenvalue weighted by atomic mass is 9.91. The highest BCUT2D eigenvalue weighted by atomic mass is 79.9. The highest BCUT2D eigenvalue weighted by Crippen LogP contribution is 2.25. The third kappa shape index (κ3) is 3.61. The van der Waals surface area contributed by atoms with Crippen LogP contribution in [0.5, 0.6) is 0 Å². The Morgan fingerprint density at radius 3 is 2.89 bits per heavy atom. The van der Waals surface area contributed by atoms with E-state index in [0.717, 1.165) is 24.1 Å². The largest absolute Gasteiger partial charge is 0.469 e. The predicted molar refractivity (Wildman–Crippen MR) is 74.8 cm³/mol. The van der Waals surface area contributed by atoms with Gasteiger partial charge >= 0.3 is 0 Å². The van der Waals surface area contributed by atoms with E-state index >= 15 is 0 Å². The van der Waals surface area contributed by atoms with Gasteiger partial charge in [0, 0.05) is 30.8 Å². The van der Waals surface area contributed by atoms with Crippen molar-refractivity contribution in [2.45, 2.75) is 44.6 Å². The molecule has 0 radical (unpaired) electrons. The van der Waals surface area contributed by atoms with Crippen LogP contribution in [0.3, 0.4) is 0 Å². The fourth-order valence-electron chi connectivity index (χ4n) is 2.27. The smallest absolute Gasteiger partial charge is 0.223 e. The van der Waals surface area contributed by atoms with E-state index < -0.39 is 0 Å². The first-order valence-corrected chi connectivity index (χ1v) is 7.81. The number of carbonyl (C=O) groups excluding carboxylic acids is 1. The number of halogens is 1. The van der Waals surface area contributed by atoms with Gasteiger partial charge in [-0.05, 0) is 37.8 Å². The Bertz CT molecular complexity index is 360. The highest BCUT2D eigenvalue weighted by Gasteiger charge is 2.27. The van der Waals surface area contributed by atoms with Crippen molar-refractivity contribution in [1.29, 1.82) is 0 Å². The standard InChI is InChI=1S/C14H20BrNO2/c15-9-3-10-16(12-4-1-5-12)14(17)8-7-13-6-2-11-18-13/h2,6,11-12H,1,3-5,7-10H2. The zero-order valence-corrected chi connectivity index (χ0v) is 12.2. The van der Waals surface area contributed by atoms with Gasteiger partial charge in [-0.15, -0.1) is 0 Å². The van der Waals surface area contributed by atoms with E-state index in [1.165, 1.54) is 19.3 Å². The van der Waals surface area contributed by atoms with Crippen molar-refractivity contribution in [2.75, 3.05) is 11.9 Å². The number of alkyl halides is 1. The summed E-state index contributed by atoms with van der Waals surface area (Å²) in [4.78, 5) is 14.3. The fourth-order valence-corrected chi connectivity index (χ4v) is 2.52. The van der Waals surface area contributed by atoms with Crippen LogP contribution < -0.4 is 0 Å². The molecule has 0 aromatic carbocycles. The third-order valence-corrected chi connectivity index (χ3v) is 4.09. The Morgan fingerprint density at radius 2 is 2.33 bits per heavy atom. The Labute approximate surface area is 117 Å². The molecule has 1 aromatic rings. The van der Waals surface area contributed by atoms with Gasteiger partial charge in [0.1, 0.15) is 5.76 Å². The zero-order valence-electron chi connectivity index (χ0n) is 10.6. The van der Waals surface area contributed by atoms with Gasteiger partial charge < -0.3 is 9.32 Å². The second-order valence-electron chi connectivity index (χ2n) is 4.79. The summed E-state index contributed by atoms with van der Waals surface area (Å²) < 4.78 is 5.27. The van der Waals surface area contributed by atoms with Gasteiger partial charge in [0.25, 0.3) is 0 Å². The molecule has 4 heteroatoms. The molecule has 1 heterocycles. The number of carbonyl (C=O) groups is 1. The average Bonchev–Trinajstić information content (AvgIpc) is 2.81. The topological polar surface area (TPSA) is 33.5 Å². The Kier molecular flexibility index (Phi) is 5.29. The van der Waals surface area contributed by atoms with Crippen molar-refractivity contribution in [2.24, 2.45) is 0 Å². The normalized spacial score (nSPS) is 15.4. The first-order valence-electron chi connectivity index (χ1n) is 6.69. The molecule has 0 unspecified atom stereocenters. The Hall–Kier alpha value is -0.770. The van der Waals surface area contributed by atoms with Crippen molar-refractivity contribution in [3.05, 3.63) is 24.2 Å². The van der Waals surface area contributed by atoms with Crippen LogP contribution in [0.15, 0.2) is 22.8 Å². The van der Waals surface area contributed by atoms with Gasteiger partial charge in [-0.1, -0.05) is 15.9 Å². The molecule has 0 spiro atoms. The third-order valence-electron chi connectivity index (χ3n) is 3.53. The minimum Gasteiger partial charge on any atom is -0.469 e. The number of amides is 1. The van der Waals surface area contributed by atoms with Crippen LogP contribution in [0.2, 0.25) is 0 Å². The summed E-state index contributed by atoms with van der Waals surface area (Å²) in [5.41, 5.74) is 0. The molecule has 18 heavy (non-hydrogen) atoms. The van der Waals surface area contributed by atoms with Crippen molar-refractivity contribution >= 4 is 21.8 Å². The second kappa shape index (κ2) is 6.98. The molecule has 0 aliphatic heterocycles. The van der Waals surface area contributed by atoms with E-state index in [2.05, 4.69) is 20.8 Å². The number of hydrogen-bond acceptors (Lipinski definition) is 2. The van der Waals surface area contributed by atoms with E-state index in [-0.39, 0.29) is 5.91 Å². The number of aryl methyl sites for hydroxylation is 1. The van der Waals surface area contributed by atoms with Crippen LogP contribution in [0, 0.1) is 0 Å². The van der Waals surface area contributed by atoms with Gasteiger partial charge in [-0.2, -0.15) is 0 Å². The molecule has 1 amide bonds. The first-order chi connectivity index (χ1) is 8.81. The number of rotatable bonds is 7. The Balaban J connectivity index is 1.82. The molecule has 2 rings (SSSR count). The summed E-state index contributed by atoms with van der Waals surface area (Å²) in [6, 6.07) is 4.29. The number of hydrogen-bond donors (Lipinski definition) is 0. The lowest BCUT2D eigenvalue weighted by molar-refractivity contribution is -0.135. The molecular formula is C14H20BrNO2. The maximum atomic E-state index is 12.2. The van der Waals surface area contributed by atoms with E-state index in [1.54, 1.807) is 6.26 Å². The SMILES string of the molecule is O=C(CCc1ccco1)N(CCCBr)C1CCC1. The predicted octanol–water partition coefficient (Wildman–Crippen LogP) is 3.38. The molecule has 1 saturated carbocycles. The van der Waals surface area contributed by atoms with E-state index in [4.69, 9.17) is 4.42 Å². The number of furan rings is 1. The summed E-state index contributed by atoms with van der Waals surface area (Å²) in [7, 11) is 0. The highest BCUT2D eigenvalue weighted by molar-refractivity contribution is 9.09. The van der Waals surface area contributed by atoms with Gasteiger partial charge in [-0.3, -0.25) is 4.79 Å². The van der Waals surface area contributed by atoms with E-state index in [1.807, 2.05) is 12.1 Å². The van der Waals surface area contributed by atoms with E-state index in [0.29, 0.717) is 18.9 Å². The zero-order chi connectivity index (χ0) is 12.8. The van der Waals surface area contributed by atoms with Crippen molar-refractivity contribution < 1.29 is 9.21 Å². The van der Waals surface area contributed by atoms with Crippen LogP contribution in [0.4, 0.5) is 0 Å². The first kappa shape index (κ1) is 13.7. The van der Waals surface area contributed by atoms with Crippen molar-refractivity contribution in [3.8, 4) is 0 Å². The maximum Gasteiger partial charge on any atom is 0.223 e. The molecule has 1 aliphatic carbocycles. The Morgan fingerprint density at radius 1 is 1.50 bits per heavy atom. The van der Waals surface area contributed by atoms with Crippen LogP contribution >= 0.6 is 15.9 Å². The fraction of sp³-hybridized carbons (Fsp3) is 0.643. The summed E-state index contributed by atoms with van der Waals surface area (Å²) in [6.45, 7) is 0.882. The summed E-state index contributed by atoms with van der Waals surface area (Å²) in [5, 5.41) is 0.960. The van der Waals surface area contributed by atoms with Crippen LogP contribution in [-0.4, -0.2) is 28.7 Å². The molecule has 3 nitrogen and oxygen atoms in total. The molecule has 1 aromatic heterocycles. The number of nitrogens with zero attached hydrogens (tertiary/aromatic N) is 1. The molecule has 1 fully saturated rings. The average molecular weight is 314 g/mol. The minimum absolute atomic E-state index is 0.275. The maximum absolute atomic E-state index is 12.2. The summed E-state index contributed by atoms with van der Waals surface area (Å²) in [5.74, 6) is 1.18.